The third-order valence-corrected chi connectivity index (χ3v) is 2.89. The van der Waals surface area contributed by atoms with Crippen molar-refractivity contribution in [2.24, 2.45) is 0 Å². The number of benzene rings is 1. The van der Waals surface area contributed by atoms with E-state index in [4.69, 9.17) is 4.74 Å². The van der Waals surface area contributed by atoms with Crippen LogP contribution < -0.4 is 4.74 Å². The van der Waals surface area contributed by atoms with Crippen LogP contribution >= 0.6 is 0 Å². The molecule has 1 aromatic heterocycles. The van der Waals surface area contributed by atoms with E-state index in [0.717, 1.165) is 23.2 Å². The lowest BCUT2D eigenvalue weighted by atomic mass is 10.3. The van der Waals surface area contributed by atoms with Gasteiger partial charge in [-0.1, -0.05) is 18.2 Å². The minimum absolute atomic E-state index is 0.151. The molecule has 4 nitrogen and oxygen atoms in total. The second-order valence-corrected chi connectivity index (χ2v) is 4.68. The highest BCUT2D eigenvalue weighted by Gasteiger charge is 2.05. The molecule has 0 fully saturated rings. The van der Waals surface area contributed by atoms with Gasteiger partial charge in [-0.05, 0) is 26.3 Å². The number of fused-ring (bicyclic) bond motifs is 1. The molecule has 1 heterocycles. The van der Waals surface area contributed by atoms with Crippen LogP contribution in [0.25, 0.3) is 10.9 Å². The Hall–Kier alpha value is -1.52. The number of ether oxygens (including phenoxy) is 1. The van der Waals surface area contributed by atoms with E-state index in [9.17, 15) is 5.21 Å². The van der Waals surface area contributed by atoms with E-state index >= 15 is 0 Å². The molecule has 0 spiro atoms. The van der Waals surface area contributed by atoms with Gasteiger partial charge >= 0.3 is 0 Å². The SMILES string of the molecule is CC(C)N(O)CCCOc1cc2ccccc2[nH]1. The Morgan fingerprint density at radius 1 is 1.33 bits per heavy atom. The minimum Gasteiger partial charge on any atom is -0.479 e. The highest BCUT2D eigenvalue weighted by atomic mass is 16.5. The van der Waals surface area contributed by atoms with Crippen LogP contribution in [-0.2, 0) is 0 Å². The third-order valence-electron chi connectivity index (χ3n) is 2.89. The molecule has 98 valence electrons. The van der Waals surface area contributed by atoms with Crippen molar-refractivity contribution in [3.05, 3.63) is 30.3 Å². The van der Waals surface area contributed by atoms with E-state index in [0.29, 0.717) is 13.2 Å². The van der Waals surface area contributed by atoms with Gasteiger partial charge in [-0.25, -0.2) is 0 Å². The van der Waals surface area contributed by atoms with Crippen molar-refractivity contribution in [3.8, 4) is 5.88 Å². The molecule has 0 aliphatic rings. The van der Waals surface area contributed by atoms with Crippen molar-refractivity contribution in [2.45, 2.75) is 26.3 Å². The van der Waals surface area contributed by atoms with Gasteiger partial charge in [0.05, 0.1) is 6.61 Å². The van der Waals surface area contributed by atoms with Gasteiger partial charge in [-0.15, -0.1) is 0 Å². The Kier molecular flexibility index (Phi) is 4.23. The molecule has 0 bridgehead atoms. The quantitative estimate of drug-likeness (QED) is 0.610. The summed E-state index contributed by atoms with van der Waals surface area (Å²) >= 11 is 0. The predicted octanol–water partition coefficient (Wildman–Crippen LogP) is 3.04. The Balaban J connectivity index is 1.80. The second kappa shape index (κ2) is 5.89. The van der Waals surface area contributed by atoms with Gasteiger partial charge < -0.3 is 14.9 Å². The molecule has 0 atom stereocenters. The van der Waals surface area contributed by atoms with E-state index in [1.807, 2.05) is 44.2 Å². The molecule has 2 rings (SSSR count). The number of aromatic nitrogens is 1. The van der Waals surface area contributed by atoms with Crippen molar-refractivity contribution in [3.63, 3.8) is 0 Å². The molecule has 0 unspecified atom stereocenters. The van der Waals surface area contributed by atoms with Crippen LogP contribution in [0.1, 0.15) is 20.3 Å². The van der Waals surface area contributed by atoms with E-state index in [1.165, 1.54) is 5.06 Å². The monoisotopic (exact) mass is 248 g/mol. The first-order valence-corrected chi connectivity index (χ1v) is 6.33. The number of nitrogens with zero attached hydrogens (tertiary/aromatic N) is 1. The Labute approximate surface area is 107 Å². The van der Waals surface area contributed by atoms with Crippen molar-refractivity contribution in [2.75, 3.05) is 13.2 Å². The molecule has 4 heteroatoms. The molecule has 0 saturated heterocycles. The normalized spacial score (nSPS) is 11.6. The van der Waals surface area contributed by atoms with Crippen LogP contribution in [0.2, 0.25) is 0 Å². The fraction of sp³-hybridized carbons (Fsp3) is 0.429. The van der Waals surface area contributed by atoms with Gasteiger partial charge in [0, 0.05) is 29.6 Å². The lowest BCUT2D eigenvalue weighted by Gasteiger charge is -2.18. The molecular formula is C14H20N2O2. The molecule has 1 aromatic carbocycles. The Morgan fingerprint density at radius 3 is 2.83 bits per heavy atom. The zero-order valence-electron chi connectivity index (χ0n) is 10.9. The number of H-pyrrole nitrogens is 1. The lowest BCUT2D eigenvalue weighted by Crippen LogP contribution is -2.28. The van der Waals surface area contributed by atoms with Crippen LogP contribution in [-0.4, -0.2) is 34.4 Å². The van der Waals surface area contributed by atoms with Gasteiger partial charge in [0.15, 0.2) is 5.88 Å². The fourth-order valence-electron chi connectivity index (χ4n) is 1.79. The minimum atomic E-state index is 0.151. The summed E-state index contributed by atoms with van der Waals surface area (Å²) < 4.78 is 5.63. The van der Waals surface area contributed by atoms with Crippen molar-refractivity contribution in [1.82, 2.24) is 10.0 Å². The average molecular weight is 248 g/mol. The summed E-state index contributed by atoms with van der Waals surface area (Å²) in [5.41, 5.74) is 1.08. The number of hydroxylamine groups is 2. The summed E-state index contributed by atoms with van der Waals surface area (Å²) in [5, 5.41) is 12.0. The summed E-state index contributed by atoms with van der Waals surface area (Å²) in [4.78, 5) is 3.21. The fourth-order valence-corrected chi connectivity index (χ4v) is 1.79. The smallest absolute Gasteiger partial charge is 0.191 e. The Morgan fingerprint density at radius 2 is 2.11 bits per heavy atom. The zero-order chi connectivity index (χ0) is 13.0. The molecule has 0 amide bonds. The maximum atomic E-state index is 9.51. The highest BCUT2D eigenvalue weighted by Crippen LogP contribution is 2.19. The largest absolute Gasteiger partial charge is 0.479 e. The summed E-state index contributed by atoms with van der Waals surface area (Å²) in [7, 11) is 0. The summed E-state index contributed by atoms with van der Waals surface area (Å²) in [6.45, 7) is 5.13. The van der Waals surface area contributed by atoms with E-state index < -0.39 is 0 Å². The highest BCUT2D eigenvalue weighted by molar-refractivity contribution is 5.81. The van der Waals surface area contributed by atoms with Gasteiger partial charge in [-0.3, -0.25) is 0 Å². The lowest BCUT2D eigenvalue weighted by molar-refractivity contribution is -0.118. The maximum absolute atomic E-state index is 9.51. The van der Waals surface area contributed by atoms with E-state index in [2.05, 4.69) is 4.98 Å². The number of rotatable bonds is 6. The number of nitrogens with one attached hydrogen (secondary N) is 1. The topological polar surface area (TPSA) is 48.5 Å². The molecule has 0 aliphatic heterocycles. The first kappa shape index (κ1) is 12.9. The van der Waals surface area contributed by atoms with E-state index in [-0.39, 0.29) is 6.04 Å². The number of aromatic amines is 1. The second-order valence-electron chi connectivity index (χ2n) is 4.68. The van der Waals surface area contributed by atoms with Gasteiger partial charge in [-0.2, -0.15) is 5.06 Å². The number of hydrogen-bond donors (Lipinski definition) is 2. The van der Waals surface area contributed by atoms with Crippen LogP contribution in [0.15, 0.2) is 30.3 Å². The van der Waals surface area contributed by atoms with Gasteiger partial charge in [0.1, 0.15) is 0 Å². The maximum Gasteiger partial charge on any atom is 0.191 e. The van der Waals surface area contributed by atoms with Crippen molar-refractivity contribution in [1.29, 1.82) is 0 Å². The molecule has 0 radical (unpaired) electrons. The van der Waals surface area contributed by atoms with Gasteiger partial charge in [0.25, 0.3) is 0 Å². The van der Waals surface area contributed by atoms with Gasteiger partial charge in [0.2, 0.25) is 0 Å². The molecule has 2 N–H and O–H groups in total. The number of para-hydroxylation sites is 1. The third kappa shape index (κ3) is 3.24. The first-order chi connectivity index (χ1) is 8.66. The zero-order valence-corrected chi connectivity index (χ0v) is 10.9. The molecule has 2 aromatic rings. The molecular weight excluding hydrogens is 228 g/mol. The van der Waals surface area contributed by atoms with Crippen LogP contribution in [0, 0.1) is 0 Å². The van der Waals surface area contributed by atoms with E-state index in [1.54, 1.807) is 0 Å². The predicted molar refractivity (Wildman–Crippen MR) is 72.0 cm³/mol. The standard InChI is InChI=1S/C14H20N2O2/c1-11(2)16(17)8-5-9-18-14-10-12-6-3-4-7-13(12)15-14/h3-4,6-7,10-11,15,17H,5,8-9H2,1-2H3. The average Bonchev–Trinajstić information content (AvgIpc) is 2.76. The van der Waals surface area contributed by atoms with Crippen LogP contribution in [0.5, 0.6) is 5.88 Å². The number of hydrogen-bond acceptors (Lipinski definition) is 3. The first-order valence-electron chi connectivity index (χ1n) is 6.33. The van der Waals surface area contributed by atoms with Crippen LogP contribution in [0.4, 0.5) is 0 Å². The summed E-state index contributed by atoms with van der Waals surface area (Å²) in [6.07, 6.45) is 0.796. The molecule has 0 saturated carbocycles. The van der Waals surface area contributed by atoms with Crippen molar-refractivity contribution >= 4 is 10.9 Å². The molecule has 0 aliphatic carbocycles. The summed E-state index contributed by atoms with van der Waals surface area (Å²) in [6, 6.07) is 10.2. The Bertz CT molecular complexity index is 460. The summed E-state index contributed by atoms with van der Waals surface area (Å²) in [5.74, 6) is 0.783. The molecule has 18 heavy (non-hydrogen) atoms. The van der Waals surface area contributed by atoms with Crippen molar-refractivity contribution < 1.29 is 9.94 Å². The van der Waals surface area contributed by atoms with Crippen LogP contribution in [0.3, 0.4) is 0 Å².